The fraction of sp³-hybridized carbons (Fsp3) is 0.333. The zero-order chi connectivity index (χ0) is 14.9. The normalized spacial score (nSPS) is 9.95. The molecule has 0 aliphatic heterocycles. The minimum absolute atomic E-state index is 0.0612. The van der Waals surface area contributed by atoms with Crippen LogP contribution in [0, 0.1) is 11.8 Å². The quantitative estimate of drug-likeness (QED) is 0.627. The van der Waals surface area contributed by atoms with Crippen molar-refractivity contribution in [3.05, 3.63) is 40.6 Å². The van der Waals surface area contributed by atoms with Crippen LogP contribution in [0.5, 0.6) is 0 Å². The molecule has 2 aromatic rings. The van der Waals surface area contributed by atoms with Crippen LogP contribution in [-0.4, -0.2) is 28.5 Å². The second-order valence-electron chi connectivity index (χ2n) is 4.43. The molecule has 0 aromatic carbocycles. The van der Waals surface area contributed by atoms with Gasteiger partial charge in [0.05, 0.1) is 12.9 Å². The molecular formula is C15H18N4OS. The number of aromatic nitrogens is 2. The summed E-state index contributed by atoms with van der Waals surface area (Å²) in [6.07, 6.45) is 7.43. The van der Waals surface area contributed by atoms with Crippen LogP contribution in [-0.2, 0) is 6.54 Å². The highest BCUT2D eigenvalue weighted by atomic mass is 32.1. The van der Waals surface area contributed by atoms with E-state index < -0.39 is 0 Å². The van der Waals surface area contributed by atoms with E-state index in [1.807, 2.05) is 22.2 Å². The summed E-state index contributed by atoms with van der Waals surface area (Å²) in [6, 6.07) is 1.85. The van der Waals surface area contributed by atoms with Gasteiger partial charge in [-0.05, 0) is 24.3 Å². The summed E-state index contributed by atoms with van der Waals surface area (Å²) < 4.78 is 2.03. The average molecular weight is 302 g/mol. The Morgan fingerprint density at radius 3 is 3.14 bits per heavy atom. The van der Waals surface area contributed by atoms with Crippen LogP contribution < -0.4 is 11.1 Å². The van der Waals surface area contributed by atoms with E-state index in [1.54, 1.807) is 12.5 Å². The maximum atomic E-state index is 12.1. The van der Waals surface area contributed by atoms with Gasteiger partial charge in [0.25, 0.3) is 5.91 Å². The molecule has 1 amide bonds. The van der Waals surface area contributed by atoms with E-state index >= 15 is 0 Å². The van der Waals surface area contributed by atoms with Crippen LogP contribution in [0.4, 0.5) is 0 Å². The van der Waals surface area contributed by atoms with Crippen molar-refractivity contribution in [2.45, 2.75) is 19.4 Å². The van der Waals surface area contributed by atoms with Gasteiger partial charge >= 0.3 is 0 Å². The number of aryl methyl sites for hydroxylation is 1. The van der Waals surface area contributed by atoms with E-state index in [4.69, 9.17) is 5.73 Å². The standard InChI is InChI=1S/C15H18N4OS/c16-6-3-4-13-5-11-21-14(13)15(20)18-7-1-2-9-19-10-8-17-12-19/h5,8,10-12H,1-2,6-7,9,16H2,(H,18,20). The summed E-state index contributed by atoms with van der Waals surface area (Å²) in [5, 5.41) is 4.80. The van der Waals surface area contributed by atoms with Gasteiger partial charge in [-0.25, -0.2) is 4.98 Å². The van der Waals surface area contributed by atoms with Crippen LogP contribution in [0.25, 0.3) is 0 Å². The Bertz CT molecular complexity index is 622. The highest BCUT2D eigenvalue weighted by Crippen LogP contribution is 2.15. The Labute approximate surface area is 128 Å². The third-order valence-corrected chi connectivity index (χ3v) is 3.80. The summed E-state index contributed by atoms with van der Waals surface area (Å²) in [6.45, 7) is 1.88. The first-order valence-corrected chi connectivity index (χ1v) is 7.69. The van der Waals surface area contributed by atoms with Crippen molar-refractivity contribution < 1.29 is 4.79 Å². The Kier molecular flexibility index (Phi) is 6.00. The zero-order valence-corrected chi connectivity index (χ0v) is 12.5. The van der Waals surface area contributed by atoms with Crippen molar-refractivity contribution >= 4 is 17.2 Å². The maximum absolute atomic E-state index is 12.1. The number of carbonyl (C=O) groups excluding carboxylic acids is 1. The van der Waals surface area contributed by atoms with Gasteiger partial charge in [0.2, 0.25) is 0 Å². The number of imidazole rings is 1. The molecule has 2 heterocycles. The maximum Gasteiger partial charge on any atom is 0.262 e. The third kappa shape index (κ3) is 4.74. The minimum Gasteiger partial charge on any atom is -0.351 e. The summed E-state index contributed by atoms with van der Waals surface area (Å²) in [7, 11) is 0. The molecule has 0 radical (unpaired) electrons. The first-order chi connectivity index (χ1) is 10.3. The van der Waals surface area contributed by atoms with Gasteiger partial charge in [0.1, 0.15) is 4.88 Å². The average Bonchev–Trinajstić information content (AvgIpc) is 3.15. The van der Waals surface area contributed by atoms with Crippen molar-refractivity contribution in [2.75, 3.05) is 13.1 Å². The topological polar surface area (TPSA) is 72.9 Å². The number of nitrogens with one attached hydrogen (secondary N) is 1. The molecule has 0 bridgehead atoms. The molecule has 0 aliphatic rings. The second kappa shape index (κ2) is 8.25. The number of unbranched alkanes of at least 4 members (excludes halogenated alkanes) is 1. The van der Waals surface area contributed by atoms with Crippen molar-refractivity contribution in [3.8, 4) is 11.8 Å². The van der Waals surface area contributed by atoms with Crippen LogP contribution in [0.15, 0.2) is 30.2 Å². The van der Waals surface area contributed by atoms with E-state index in [9.17, 15) is 4.79 Å². The molecule has 2 aromatic heterocycles. The van der Waals surface area contributed by atoms with Gasteiger partial charge < -0.3 is 15.6 Å². The highest BCUT2D eigenvalue weighted by molar-refractivity contribution is 7.12. The lowest BCUT2D eigenvalue weighted by Gasteiger charge is -2.05. The molecule has 3 N–H and O–H groups in total. The number of rotatable bonds is 6. The summed E-state index contributed by atoms with van der Waals surface area (Å²) in [4.78, 5) is 16.7. The number of hydrogen-bond donors (Lipinski definition) is 2. The van der Waals surface area contributed by atoms with Gasteiger partial charge in [-0.1, -0.05) is 11.8 Å². The van der Waals surface area contributed by atoms with Gasteiger partial charge in [-0.2, -0.15) is 0 Å². The van der Waals surface area contributed by atoms with Crippen molar-refractivity contribution in [1.29, 1.82) is 0 Å². The Hall–Kier alpha value is -2.10. The van der Waals surface area contributed by atoms with Gasteiger partial charge in [0, 0.05) is 31.0 Å². The van der Waals surface area contributed by atoms with Gasteiger partial charge in [-0.3, -0.25) is 4.79 Å². The Morgan fingerprint density at radius 2 is 2.38 bits per heavy atom. The SMILES string of the molecule is NCC#Cc1ccsc1C(=O)NCCCCn1ccnc1. The minimum atomic E-state index is -0.0612. The van der Waals surface area contributed by atoms with Crippen LogP contribution in [0.3, 0.4) is 0 Å². The summed E-state index contributed by atoms with van der Waals surface area (Å²) >= 11 is 1.40. The molecule has 0 unspecified atom stereocenters. The molecule has 21 heavy (non-hydrogen) atoms. The van der Waals surface area contributed by atoms with E-state index in [-0.39, 0.29) is 5.91 Å². The Balaban J connectivity index is 1.73. The van der Waals surface area contributed by atoms with Crippen LogP contribution in [0.2, 0.25) is 0 Å². The smallest absolute Gasteiger partial charge is 0.262 e. The van der Waals surface area contributed by atoms with E-state index in [2.05, 4.69) is 22.1 Å². The molecule has 0 spiro atoms. The lowest BCUT2D eigenvalue weighted by molar-refractivity contribution is 0.0956. The van der Waals surface area contributed by atoms with E-state index in [1.165, 1.54) is 11.3 Å². The molecule has 0 aliphatic carbocycles. The lowest BCUT2D eigenvalue weighted by Crippen LogP contribution is -2.24. The molecular weight excluding hydrogens is 284 g/mol. The number of nitrogens with zero attached hydrogens (tertiary/aromatic N) is 2. The predicted molar refractivity (Wildman–Crippen MR) is 84.0 cm³/mol. The van der Waals surface area contributed by atoms with Crippen molar-refractivity contribution in [3.63, 3.8) is 0 Å². The molecule has 0 saturated heterocycles. The summed E-state index contributed by atoms with van der Waals surface area (Å²) in [5.41, 5.74) is 6.10. The number of thiophene rings is 1. The largest absolute Gasteiger partial charge is 0.351 e. The molecule has 2 rings (SSSR count). The summed E-state index contributed by atoms with van der Waals surface area (Å²) in [5.74, 6) is 5.63. The second-order valence-corrected chi connectivity index (χ2v) is 5.35. The highest BCUT2D eigenvalue weighted by Gasteiger charge is 2.10. The predicted octanol–water partition coefficient (Wildman–Crippen LogP) is 1.46. The fourth-order valence-electron chi connectivity index (χ4n) is 1.85. The number of carbonyl (C=O) groups is 1. The number of hydrogen-bond acceptors (Lipinski definition) is 4. The number of nitrogens with two attached hydrogens (primary N) is 1. The molecule has 6 heteroatoms. The number of amides is 1. The zero-order valence-electron chi connectivity index (χ0n) is 11.7. The van der Waals surface area contributed by atoms with E-state index in [0.29, 0.717) is 18.0 Å². The molecule has 0 atom stereocenters. The third-order valence-electron chi connectivity index (χ3n) is 2.88. The molecule has 0 saturated carbocycles. The van der Waals surface area contributed by atoms with Crippen molar-refractivity contribution in [1.82, 2.24) is 14.9 Å². The molecule has 0 fully saturated rings. The monoisotopic (exact) mass is 302 g/mol. The Morgan fingerprint density at radius 1 is 1.48 bits per heavy atom. The van der Waals surface area contributed by atoms with Gasteiger partial charge in [-0.15, -0.1) is 11.3 Å². The molecule has 5 nitrogen and oxygen atoms in total. The fourth-order valence-corrected chi connectivity index (χ4v) is 2.62. The molecule has 110 valence electrons. The van der Waals surface area contributed by atoms with Crippen LogP contribution >= 0.6 is 11.3 Å². The van der Waals surface area contributed by atoms with E-state index in [0.717, 1.165) is 24.9 Å². The first-order valence-electron chi connectivity index (χ1n) is 6.81. The lowest BCUT2D eigenvalue weighted by atomic mass is 10.2. The van der Waals surface area contributed by atoms with Gasteiger partial charge in [0.15, 0.2) is 0 Å². The van der Waals surface area contributed by atoms with Crippen LogP contribution in [0.1, 0.15) is 28.1 Å². The van der Waals surface area contributed by atoms with Crippen molar-refractivity contribution in [2.24, 2.45) is 5.73 Å². The first kappa shape index (κ1) is 15.3.